The van der Waals surface area contributed by atoms with Gasteiger partial charge in [0.2, 0.25) is 40.1 Å². The molecule has 0 bridgehead atoms. The van der Waals surface area contributed by atoms with Crippen molar-refractivity contribution in [3.8, 4) is 0 Å². The number of aliphatic carboxylic acids is 2. The maximum absolute atomic E-state index is 12.6. The lowest BCUT2D eigenvalue weighted by Crippen LogP contribution is -2.49. The SMILES string of the molecule is CC1(C)OB(C/C=C/C[C@]23CCCN2[C@H](C(Cl)(Cl)Cl)OC3=O)OC1(C)C.CC1(C)OB(CCCC[C@]23CCCN2[C@H](C(Cl)(Cl)Cl)OC3=O)OC1(C)C.O=C(O)C1(CCCCB(O)O)CCCC1.O=C(O)C1CCCC1.O=C1O[C@@H](C(Cl)(Cl)Cl)N2CCC[C@H]12.O=C1O[C@@H](C(Cl)(Cl)Cl)N2CCC[C@]12C/C=C/CBr. The van der Waals surface area contributed by atoms with Gasteiger partial charge in [-0.3, -0.25) is 19.3 Å². The van der Waals surface area contributed by atoms with E-state index in [-0.39, 0.29) is 72.5 Å². The summed E-state index contributed by atoms with van der Waals surface area (Å²) in [6.45, 7) is 19.2. The van der Waals surface area contributed by atoms with Crippen LogP contribution in [0.4, 0.5) is 0 Å². The van der Waals surface area contributed by atoms with E-state index >= 15 is 0 Å². The van der Waals surface area contributed by atoms with E-state index in [4.69, 9.17) is 192 Å². The van der Waals surface area contributed by atoms with E-state index in [1.165, 1.54) is 0 Å². The van der Waals surface area contributed by atoms with Gasteiger partial charge >= 0.3 is 57.2 Å². The first-order valence-corrected chi connectivity index (χ1v) is 42.3. The first kappa shape index (κ1) is 93.2. The number of nitrogens with zero attached hydrogens (tertiary/aromatic N) is 4. The zero-order valence-corrected chi connectivity index (χ0v) is 72.0. The Morgan fingerprint density at radius 2 is 0.915 bits per heavy atom. The lowest BCUT2D eigenvalue weighted by Gasteiger charge is -2.32. The molecule has 38 heteroatoms. The van der Waals surface area contributed by atoms with Crippen LogP contribution in [0.15, 0.2) is 24.3 Å². The van der Waals surface area contributed by atoms with Gasteiger partial charge in [-0.25, -0.2) is 29.1 Å². The molecule has 0 spiro atoms. The lowest BCUT2D eigenvalue weighted by molar-refractivity contribution is -0.149. The molecule has 10 aliphatic heterocycles. The molecule has 10 heterocycles. The number of unbranched alkanes of at least 4 members (excludes halogenated alkanes) is 2. The zero-order chi connectivity index (χ0) is 79.1. The highest BCUT2D eigenvalue weighted by molar-refractivity contribution is 9.09. The number of hydrogen-bond donors (Lipinski definition) is 4. The monoisotopic (exact) mass is 1790 g/mol. The van der Waals surface area contributed by atoms with Gasteiger partial charge < -0.3 is 57.8 Å². The number of esters is 4. The number of alkyl halides is 13. The maximum atomic E-state index is 12.6. The van der Waals surface area contributed by atoms with Crippen LogP contribution in [0.25, 0.3) is 0 Å². The number of carbonyl (C=O) groups excluding carboxylic acids is 4. The predicted octanol–water partition coefficient (Wildman–Crippen LogP) is 16.1. The Morgan fingerprint density at radius 3 is 1.33 bits per heavy atom. The summed E-state index contributed by atoms with van der Waals surface area (Å²) in [7, 11) is -1.76. The van der Waals surface area contributed by atoms with Gasteiger partial charge in [0.25, 0.3) is 0 Å². The summed E-state index contributed by atoms with van der Waals surface area (Å²) in [5.41, 5.74) is -3.87. The molecule has 0 aromatic heterocycles. The Morgan fingerprint density at radius 1 is 0.500 bits per heavy atom. The fraction of sp³-hybridized carbons (Fsp3) is 0.853. The quantitative estimate of drug-likeness (QED) is 0.0234. The fourth-order valence-corrected chi connectivity index (χ4v) is 18.3. The van der Waals surface area contributed by atoms with E-state index in [0.717, 1.165) is 134 Å². The van der Waals surface area contributed by atoms with Crippen molar-refractivity contribution >= 4 is 212 Å². The van der Waals surface area contributed by atoms with Crippen LogP contribution < -0.4 is 0 Å². The number of carboxylic acid groups (broad SMARTS) is 2. The van der Waals surface area contributed by atoms with E-state index in [0.29, 0.717) is 70.8 Å². The molecular formula is C68H102B3BrCl12N4O18. The molecule has 22 nitrogen and oxygen atoms in total. The van der Waals surface area contributed by atoms with Crippen LogP contribution in [-0.2, 0) is 66.3 Å². The fourth-order valence-electron chi connectivity index (χ4n) is 16.0. The van der Waals surface area contributed by atoms with Crippen molar-refractivity contribution < 1.29 is 86.6 Å². The molecule has 2 saturated carbocycles. The number of hydrogen-bond acceptors (Lipinski definition) is 20. The van der Waals surface area contributed by atoms with E-state index in [2.05, 4.69) is 15.9 Å². The van der Waals surface area contributed by atoms with Crippen LogP contribution >= 0.6 is 155 Å². The van der Waals surface area contributed by atoms with E-state index in [1.54, 1.807) is 0 Å². The van der Waals surface area contributed by atoms with E-state index in [9.17, 15) is 33.9 Å². The van der Waals surface area contributed by atoms with Gasteiger partial charge in [0.1, 0.15) is 22.7 Å². The van der Waals surface area contributed by atoms with Crippen LogP contribution in [-0.4, -0.2) is 214 Å². The van der Waals surface area contributed by atoms with Gasteiger partial charge in [0.05, 0.1) is 33.7 Å². The topological polar surface area (TPSA) is 270 Å². The number of carbonyl (C=O) groups is 6. The highest BCUT2D eigenvalue weighted by Gasteiger charge is 2.65. The highest BCUT2D eigenvalue weighted by atomic mass is 79.9. The van der Waals surface area contributed by atoms with Crippen molar-refractivity contribution in [3.05, 3.63) is 24.3 Å². The Bertz CT molecular complexity index is 3040. The summed E-state index contributed by atoms with van der Waals surface area (Å²) in [5.74, 6) is -2.43. The average Bonchev–Trinajstić information content (AvgIpc) is 1.59. The lowest BCUT2D eigenvalue weighted by atomic mass is 9.78. The second-order valence-corrected chi connectivity index (χ2v) is 41.4. The third kappa shape index (κ3) is 22.6. The minimum absolute atomic E-state index is 0.0185. The summed E-state index contributed by atoms with van der Waals surface area (Å²) < 4.78 is 38.6. The minimum Gasteiger partial charge on any atom is -0.481 e. The standard InChI is InChI=1S/C17H27BCl3NO4.C17H25BCl3NO4.C11H13BrCl3NO2.C10H19BO4.C7H8Cl3NO2.C6H10O2/c2*1-14(2)15(3,4)26-18(25-14)10-6-5-8-16-9-7-11-22(16)12(17(19,20)21)24-13(16)23;12-6-2-1-4-10-5-3-7-16(10)8(11(13,14)15)18-9(10)17;12-9(13)10(5-1-2-6-10)7-3-4-8-11(14)15;8-7(9,10)6-11-3-1-2-4(11)5(12)13-6;7-6(8)5-3-1-2-4-5/h12H,5-11H2,1-4H3;5-6,12H,7-11H2,1-4H3;1-2,8H,3-7H2;14-15H,1-8H2,(H,12,13);4,6H,1-3H2;5H,1-4H2,(H,7,8)/b;6-5+;2-1+;;;/t2*12-,16+;8-,10+;;4-,6+;/m000.1./s1. The molecule has 0 amide bonds. The molecule has 8 atom stereocenters. The molecule has 106 heavy (non-hydrogen) atoms. The number of allylic oxidation sites excluding steroid dienone is 2. The van der Waals surface area contributed by atoms with Crippen LogP contribution in [0.3, 0.4) is 0 Å². The second kappa shape index (κ2) is 38.0. The number of halogens is 13. The van der Waals surface area contributed by atoms with E-state index < -0.39 is 81.2 Å². The highest BCUT2D eigenvalue weighted by Crippen LogP contribution is 2.53. The minimum atomic E-state index is -1.66. The first-order valence-electron chi connectivity index (χ1n) is 36.6. The van der Waals surface area contributed by atoms with Crippen molar-refractivity contribution in [1.82, 2.24) is 19.6 Å². The molecule has 10 saturated heterocycles. The molecule has 12 aliphatic rings. The number of cyclic esters (lactones) is 4. The summed E-state index contributed by atoms with van der Waals surface area (Å²) in [6.07, 6.45) is 26.5. The van der Waals surface area contributed by atoms with Gasteiger partial charge in [-0.1, -0.05) is 231 Å². The number of fused-ring (bicyclic) bond motifs is 4. The summed E-state index contributed by atoms with van der Waals surface area (Å²) >= 11 is 74.0. The maximum Gasteiger partial charge on any atom is 0.461 e. The van der Waals surface area contributed by atoms with Crippen LogP contribution in [0, 0.1) is 11.3 Å². The van der Waals surface area contributed by atoms with Gasteiger partial charge in [-0.15, -0.1) is 0 Å². The molecule has 0 radical (unpaired) electrons. The Hall–Kier alpha value is 0.0548. The summed E-state index contributed by atoms with van der Waals surface area (Å²) in [5, 5.41) is 35.7. The van der Waals surface area contributed by atoms with Gasteiger partial charge in [-0.05, 0) is 171 Å². The van der Waals surface area contributed by atoms with Crippen LogP contribution in [0.2, 0.25) is 19.0 Å². The number of rotatable bonds is 19. The number of carboxylic acids is 2. The smallest absolute Gasteiger partial charge is 0.461 e. The predicted molar refractivity (Wildman–Crippen MR) is 420 cm³/mol. The average molecular weight is 1800 g/mol. The third-order valence-corrected chi connectivity index (χ3v) is 25.7. The van der Waals surface area contributed by atoms with Gasteiger partial charge in [0.15, 0.2) is 0 Å². The largest absolute Gasteiger partial charge is 0.481 e. The van der Waals surface area contributed by atoms with Crippen molar-refractivity contribution in [3.63, 3.8) is 0 Å². The van der Waals surface area contributed by atoms with Gasteiger partial charge in [-0.2, -0.15) is 0 Å². The molecule has 602 valence electrons. The Balaban J connectivity index is 0.000000184. The molecule has 0 aromatic rings. The summed E-state index contributed by atoms with van der Waals surface area (Å²) in [6, 6.07) is -0.194. The molecule has 12 fully saturated rings. The first-order chi connectivity index (χ1) is 49.1. The van der Waals surface area contributed by atoms with Crippen LogP contribution in [0.1, 0.15) is 209 Å². The van der Waals surface area contributed by atoms with Crippen molar-refractivity contribution in [2.45, 2.75) is 314 Å². The Labute approximate surface area is 693 Å². The summed E-state index contributed by atoms with van der Waals surface area (Å²) in [4.78, 5) is 77.4. The zero-order valence-electron chi connectivity index (χ0n) is 61.3. The third-order valence-electron chi connectivity index (χ3n) is 23.1. The van der Waals surface area contributed by atoms with Gasteiger partial charge in [0, 0.05) is 37.8 Å². The molecule has 0 unspecified atom stereocenters. The molecule has 12 rings (SSSR count). The van der Waals surface area contributed by atoms with Crippen LogP contribution in [0.5, 0.6) is 0 Å². The molecule has 2 aliphatic carbocycles. The molecule has 0 aromatic carbocycles. The Kier molecular flexibility index (Phi) is 33.4. The number of ether oxygens (including phenoxy) is 4. The normalized spacial score (nSPS) is 30.8. The molecular weight excluding hydrogens is 1700 g/mol. The van der Waals surface area contributed by atoms with E-state index in [1.807, 2.05) is 99.3 Å². The van der Waals surface area contributed by atoms with Crippen molar-refractivity contribution in [2.24, 2.45) is 11.3 Å². The van der Waals surface area contributed by atoms with Crippen molar-refractivity contribution in [2.75, 3.05) is 31.5 Å². The second-order valence-electron chi connectivity index (χ2n) is 31.3. The molecule has 4 N–H and O–H groups in total. The van der Waals surface area contributed by atoms with Crippen molar-refractivity contribution in [1.29, 1.82) is 0 Å².